The Balaban J connectivity index is 1.11. The molecule has 43 heavy (non-hydrogen) atoms. The van der Waals surface area contributed by atoms with E-state index in [4.69, 9.17) is 49.9 Å². The SMILES string of the molecule is C[C@@]12OC(=O)O[C@@H]1[C@@H](CO[P@@]1(=O)OCC[C@@H](c3cccc(Cl)c3)O1)O[C@H]2n1cnc2c(OCC3CCCC3)nc(N)nc21. The number of hydrogen-bond donors (Lipinski definition) is 1. The Hall–Kier alpha value is -3.00. The molecular formula is C27H31ClN5O9P. The highest BCUT2D eigenvalue weighted by Crippen LogP contribution is 2.58. The van der Waals surface area contributed by atoms with Gasteiger partial charge in [0.05, 0.1) is 32.3 Å². The van der Waals surface area contributed by atoms with Crippen LogP contribution in [0.4, 0.5) is 10.7 Å². The monoisotopic (exact) mass is 635 g/mol. The Bertz CT molecular complexity index is 1590. The predicted octanol–water partition coefficient (Wildman–Crippen LogP) is 5.13. The summed E-state index contributed by atoms with van der Waals surface area (Å²) < 4.78 is 55.4. The molecule has 7 rings (SSSR count). The molecule has 3 aromatic rings. The zero-order chi connectivity index (χ0) is 29.8. The van der Waals surface area contributed by atoms with Crippen molar-refractivity contribution in [2.75, 3.05) is 25.6 Å². The Morgan fingerprint density at radius 3 is 2.86 bits per heavy atom. The number of imidazole rings is 1. The van der Waals surface area contributed by atoms with Crippen molar-refractivity contribution in [2.24, 2.45) is 5.92 Å². The van der Waals surface area contributed by atoms with Gasteiger partial charge in [-0.3, -0.25) is 18.1 Å². The van der Waals surface area contributed by atoms with Crippen molar-refractivity contribution in [3.8, 4) is 5.88 Å². The van der Waals surface area contributed by atoms with Crippen LogP contribution in [-0.2, 0) is 32.3 Å². The molecule has 0 spiro atoms. The van der Waals surface area contributed by atoms with Gasteiger partial charge in [-0.25, -0.2) is 14.3 Å². The van der Waals surface area contributed by atoms with Crippen LogP contribution < -0.4 is 10.5 Å². The maximum absolute atomic E-state index is 13.5. The van der Waals surface area contributed by atoms with E-state index < -0.39 is 44.1 Å². The number of nitrogen functional groups attached to an aromatic ring is 1. The number of ether oxygens (including phenoxy) is 4. The lowest BCUT2D eigenvalue weighted by molar-refractivity contribution is -0.0925. The van der Waals surface area contributed by atoms with Crippen molar-refractivity contribution >= 4 is 42.7 Å². The average Bonchev–Trinajstić information content (AvgIpc) is 3.75. The summed E-state index contributed by atoms with van der Waals surface area (Å²) in [6.45, 7) is 2.04. The summed E-state index contributed by atoms with van der Waals surface area (Å²) in [5.41, 5.74) is 6.22. The molecule has 1 aliphatic carbocycles. The Morgan fingerprint density at radius 2 is 2.05 bits per heavy atom. The predicted molar refractivity (Wildman–Crippen MR) is 150 cm³/mol. The number of phosphoric ester groups is 1. The third-order valence-electron chi connectivity index (χ3n) is 8.32. The zero-order valence-corrected chi connectivity index (χ0v) is 24.9. The number of hydrogen-bond acceptors (Lipinski definition) is 13. The van der Waals surface area contributed by atoms with Crippen LogP contribution in [0.2, 0.25) is 5.02 Å². The summed E-state index contributed by atoms with van der Waals surface area (Å²) >= 11 is 6.13. The first kappa shape index (κ1) is 28.8. The minimum absolute atomic E-state index is 0.00567. The Labute approximate surface area is 251 Å². The van der Waals surface area contributed by atoms with Crippen LogP contribution in [0, 0.1) is 5.92 Å². The van der Waals surface area contributed by atoms with E-state index in [0.717, 1.165) is 18.4 Å². The van der Waals surface area contributed by atoms with Crippen LogP contribution in [0.5, 0.6) is 5.88 Å². The molecule has 1 aromatic carbocycles. The van der Waals surface area contributed by atoms with Gasteiger partial charge in [0.25, 0.3) is 0 Å². The number of benzene rings is 1. The molecule has 1 saturated carbocycles. The fourth-order valence-electron chi connectivity index (χ4n) is 6.19. The lowest BCUT2D eigenvalue weighted by atomic mass is 9.96. The maximum Gasteiger partial charge on any atom is 0.509 e. The molecule has 2 N–H and O–H groups in total. The molecule has 14 nitrogen and oxygen atoms in total. The second-order valence-corrected chi connectivity index (χ2v) is 13.3. The average molecular weight is 636 g/mol. The normalized spacial score (nSPS) is 32.6. The first-order chi connectivity index (χ1) is 20.7. The molecule has 0 unspecified atom stereocenters. The zero-order valence-electron chi connectivity index (χ0n) is 23.3. The number of halogens is 1. The van der Waals surface area contributed by atoms with Crippen LogP contribution in [-0.4, -0.2) is 63.3 Å². The van der Waals surface area contributed by atoms with E-state index in [9.17, 15) is 9.36 Å². The van der Waals surface area contributed by atoms with Crippen LogP contribution in [0.25, 0.3) is 11.2 Å². The first-order valence-electron chi connectivity index (χ1n) is 14.2. The van der Waals surface area contributed by atoms with Gasteiger partial charge in [0.15, 0.2) is 29.1 Å². The van der Waals surface area contributed by atoms with Gasteiger partial charge in [0.2, 0.25) is 11.8 Å². The second kappa shape index (κ2) is 11.2. The van der Waals surface area contributed by atoms with E-state index >= 15 is 0 Å². The van der Waals surface area contributed by atoms with Gasteiger partial charge in [-0.2, -0.15) is 9.97 Å². The van der Waals surface area contributed by atoms with Gasteiger partial charge in [-0.05, 0) is 43.4 Å². The van der Waals surface area contributed by atoms with Crippen molar-refractivity contribution in [3.63, 3.8) is 0 Å². The number of aromatic nitrogens is 4. The first-order valence-corrected chi connectivity index (χ1v) is 16.1. The van der Waals surface area contributed by atoms with E-state index in [1.165, 1.54) is 19.2 Å². The molecule has 6 atom stereocenters. The quantitative estimate of drug-likeness (QED) is 0.256. The van der Waals surface area contributed by atoms with Crippen molar-refractivity contribution < 1.29 is 41.9 Å². The Kier molecular flexibility index (Phi) is 7.47. The largest absolute Gasteiger partial charge is 0.509 e. The lowest BCUT2D eigenvalue weighted by Gasteiger charge is -2.30. The highest BCUT2D eigenvalue weighted by molar-refractivity contribution is 7.48. The molecule has 3 saturated heterocycles. The van der Waals surface area contributed by atoms with Gasteiger partial charge < -0.3 is 24.7 Å². The fraction of sp³-hybridized carbons (Fsp3) is 0.556. The standard InChI is InChI=1S/C27H31ClN5O9P/c1-27-21(40-26(34)41-27)19(13-38-43(35)37-10-9-18(42-43)16-7-4-8-17(28)11-16)39-24(27)33-14-30-20-22(33)31-25(29)32-23(20)36-12-15-5-2-3-6-15/h4,7-8,11,14-15,18-19,21,24H,2-3,5-6,9-10,12-13H2,1H3,(H2,29,31,32)/t18-,19+,21+,24+,27+,43+/m0/s1. The van der Waals surface area contributed by atoms with Crippen molar-refractivity contribution in [1.82, 2.24) is 19.5 Å². The van der Waals surface area contributed by atoms with Crippen molar-refractivity contribution in [3.05, 3.63) is 41.2 Å². The topological polar surface area (TPSA) is 168 Å². The highest BCUT2D eigenvalue weighted by Gasteiger charge is 2.64. The number of carbonyl (C=O) groups is 1. The summed E-state index contributed by atoms with van der Waals surface area (Å²) in [5.74, 6) is 0.715. The molecule has 4 aliphatic rings. The summed E-state index contributed by atoms with van der Waals surface area (Å²) in [4.78, 5) is 25.5. The van der Waals surface area contributed by atoms with Gasteiger partial charge in [0, 0.05) is 11.4 Å². The molecule has 0 bridgehead atoms. The summed E-state index contributed by atoms with van der Waals surface area (Å²) in [6, 6.07) is 7.09. The molecule has 4 fully saturated rings. The molecule has 5 heterocycles. The molecule has 16 heteroatoms. The molecule has 0 amide bonds. The van der Waals surface area contributed by atoms with E-state index in [1.54, 1.807) is 29.7 Å². The van der Waals surface area contributed by atoms with Crippen molar-refractivity contribution in [1.29, 1.82) is 0 Å². The second-order valence-electron chi connectivity index (χ2n) is 11.3. The third kappa shape index (κ3) is 5.45. The molecule has 0 radical (unpaired) electrons. The number of fused-ring (bicyclic) bond motifs is 2. The van der Waals surface area contributed by atoms with Gasteiger partial charge >= 0.3 is 14.0 Å². The summed E-state index contributed by atoms with van der Waals surface area (Å²) in [5, 5.41) is 0.530. The maximum atomic E-state index is 13.5. The van der Waals surface area contributed by atoms with Gasteiger partial charge in [0.1, 0.15) is 6.10 Å². The molecule has 230 valence electrons. The summed E-state index contributed by atoms with van der Waals surface area (Å²) in [7, 11) is -4.00. The molecule has 3 aliphatic heterocycles. The minimum Gasteiger partial charge on any atom is -0.476 e. The Morgan fingerprint density at radius 1 is 1.21 bits per heavy atom. The minimum atomic E-state index is -4.00. The van der Waals surface area contributed by atoms with E-state index in [1.807, 2.05) is 6.07 Å². The fourth-order valence-corrected chi connectivity index (χ4v) is 7.78. The number of rotatable bonds is 8. The number of nitrogens with two attached hydrogens (primary N) is 1. The van der Waals surface area contributed by atoms with E-state index in [0.29, 0.717) is 35.1 Å². The van der Waals surface area contributed by atoms with E-state index in [-0.39, 0.29) is 25.0 Å². The molecule has 2 aromatic heterocycles. The smallest absolute Gasteiger partial charge is 0.476 e. The summed E-state index contributed by atoms with van der Waals surface area (Å²) in [6.07, 6.45) is 2.36. The number of phosphoric acid groups is 1. The lowest BCUT2D eigenvalue weighted by Crippen LogP contribution is -2.42. The highest BCUT2D eigenvalue weighted by atomic mass is 35.5. The van der Waals surface area contributed by atoms with Crippen LogP contribution in [0.1, 0.15) is 56.9 Å². The van der Waals surface area contributed by atoms with Crippen LogP contribution >= 0.6 is 19.4 Å². The van der Waals surface area contributed by atoms with Gasteiger partial charge in [-0.15, -0.1) is 0 Å². The number of anilines is 1. The van der Waals surface area contributed by atoms with E-state index in [2.05, 4.69) is 15.0 Å². The van der Waals surface area contributed by atoms with Gasteiger partial charge in [-0.1, -0.05) is 36.6 Å². The van der Waals surface area contributed by atoms with Crippen molar-refractivity contribution in [2.45, 2.75) is 69.2 Å². The number of carbonyl (C=O) groups excluding carboxylic acids is 1. The third-order valence-corrected chi connectivity index (χ3v) is 10.0. The van der Waals surface area contributed by atoms with Crippen LogP contribution in [0.15, 0.2) is 30.6 Å². The van der Waals surface area contributed by atoms with Crippen LogP contribution in [0.3, 0.4) is 0 Å². The molecular weight excluding hydrogens is 605 g/mol. The number of nitrogens with zero attached hydrogens (tertiary/aromatic N) is 4.